The largest absolute Gasteiger partial charge is 0.340 e. The molecular weight excluding hydrogens is 322 g/mol. The van der Waals surface area contributed by atoms with E-state index in [0.29, 0.717) is 11.1 Å². The number of likely N-dealkylation sites (N-methyl/N-ethyl adjacent to an activating group) is 1. The molecule has 22 heavy (non-hydrogen) atoms. The van der Waals surface area contributed by atoms with E-state index in [1.165, 1.54) is 4.57 Å². The number of carbonyl (C=O) groups excluding carboxylic acids is 1. The van der Waals surface area contributed by atoms with Crippen LogP contribution in [0.4, 0.5) is 0 Å². The molecule has 1 aromatic heterocycles. The minimum atomic E-state index is -0.117. The summed E-state index contributed by atoms with van der Waals surface area (Å²) in [4.78, 5) is 28.5. The lowest BCUT2D eigenvalue weighted by Crippen LogP contribution is -2.37. The van der Waals surface area contributed by atoms with Gasteiger partial charge in [-0.3, -0.25) is 14.2 Å². The van der Waals surface area contributed by atoms with Crippen LogP contribution in [0.2, 0.25) is 5.02 Å². The molecule has 1 unspecified atom stereocenters. The van der Waals surface area contributed by atoms with Gasteiger partial charge in [-0.05, 0) is 38.7 Å². The molecular formula is C15H18ClN3O2S. The zero-order chi connectivity index (χ0) is 15.9. The van der Waals surface area contributed by atoms with E-state index >= 15 is 0 Å². The highest BCUT2D eigenvalue weighted by atomic mass is 35.5. The van der Waals surface area contributed by atoms with Crippen LogP contribution in [0.1, 0.15) is 6.42 Å². The minimum absolute atomic E-state index is 0.00822. The Morgan fingerprint density at radius 2 is 2.23 bits per heavy atom. The predicted molar refractivity (Wildman–Crippen MR) is 89.8 cm³/mol. The Hall–Kier alpha value is -1.37. The first-order valence-corrected chi connectivity index (χ1v) is 8.38. The first kappa shape index (κ1) is 15.5. The van der Waals surface area contributed by atoms with Gasteiger partial charge in [-0.25, -0.2) is 0 Å². The van der Waals surface area contributed by atoms with Gasteiger partial charge in [-0.2, -0.15) is 0 Å². The second-order valence-corrected chi connectivity index (χ2v) is 7.24. The van der Waals surface area contributed by atoms with Gasteiger partial charge >= 0.3 is 4.87 Å². The standard InChI is InChI=1S/C15H18ClN3O2S/c1-17(2)11-5-6-18(8-11)14(20)9-19-12-7-10(16)3-4-13(12)22-15(19)21/h3-4,7,11H,5-6,8-9H2,1-2H3. The Balaban J connectivity index is 1.82. The van der Waals surface area contributed by atoms with Crippen molar-refractivity contribution in [1.82, 2.24) is 14.4 Å². The van der Waals surface area contributed by atoms with Crippen LogP contribution in [0.3, 0.4) is 0 Å². The normalized spacial score (nSPS) is 18.5. The third-order valence-electron chi connectivity index (χ3n) is 4.17. The number of carbonyl (C=O) groups is 1. The van der Waals surface area contributed by atoms with Crippen LogP contribution in [0.5, 0.6) is 0 Å². The van der Waals surface area contributed by atoms with Gasteiger partial charge in [0.1, 0.15) is 6.54 Å². The van der Waals surface area contributed by atoms with Crippen LogP contribution in [-0.4, -0.2) is 53.5 Å². The summed E-state index contributed by atoms with van der Waals surface area (Å²) in [5.74, 6) is -0.00822. The molecule has 1 fully saturated rings. The SMILES string of the molecule is CN(C)C1CCN(C(=O)Cn2c(=O)sc3ccc(Cl)cc32)C1. The van der Waals surface area contributed by atoms with Crippen LogP contribution < -0.4 is 4.87 Å². The van der Waals surface area contributed by atoms with E-state index in [-0.39, 0.29) is 17.3 Å². The number of rotatable bonds is 3. The van der Waals surface area contributed by atoms with Crippen molar-refractivity contribution in [3.8, 4) is 0 Å². The minimum Gasteiger partial charge on any atom is -0.340 e. The van der Waals surface area contributed by atoms with E-state index in [9.17, 15) is 9.59 Å². The van der Waals surface area contributed by atoms with Crippen molar-refractivity contribution in [3.05, 3.63) is 32.9 Å². The summed E-state index contributed by atoms with van der Waals surface area (Å²) >= 11 is 7.15. The summed E-state index contributed by atoms with van der Waals surface area (Å²) in [7, 11) is 4.05. The highest BCUT2D eigenvalue weighted by Gasteiger charge is 2.27. The number of halogens is 1. The Morgan fingerprint density at radius 1 is 1.45 bits per heavy atom. The third-order valence-corrected chi connectivity index (χ3v) is 5.36. The lowest BCUT2D eigenvalue weighted by molar-refractivity contribution is -0.130. The first-order chi connectivity index (χ1) is 10.5. The van der Waals surface area contributed by atoms with Gasteiger partial charge < -0.3 is 9.80 Å². The Kier molecular flexibility index (Phi) is 4.25. The van der Waals surface area contributed by atoms with Crippen molar-refractivity contribution in [2.45, 2.75) is 19.0 Å². The zero-order valence-corrected chi connectivity index (χ0v) is 14.2. The number of fused-ring (bicyclic) bond motifs is 1. The van der Waals surface area contributed by atoms with Gasteiger partial charge in [-0.15, -0.1) is 0 Å². The second-order valence-electron chi connectivity index (χ2n) is 5.81. The van der Waals surface area contributed by atoms with Gasteiger partial charge in [0.15, 0.2) is 0 Å². The third kappa shape index (κ3) is 2.91. The molecule has 0 spiro atoms. The van der Waals surface area contributed by atoms with E-state index in [4.69, 9.17) is 11.6 Å². The summed E-state index contributed by atoms with van der Waals surface area (Å²) in [5.41, 5.74) is 0.735. The second kappa shape index (κ2) is 6.02. The van der Waals surface area contributed by atoms with E-state index in [0.717, 1.165) is 41.1 Å². The van der Waals surface area contributed by atoms with Crippen LogP contribution in [0.15, 0.2) is 23.0 Å². The van der Waals surface area contributed by atoms with Crippen LogP contribution in [0, 0.1) is 0 Å². The van der Waals surface area contributed by atoms with Crippen LogP contribution in [-0.2, 0) is 11.3 Å². The predicted octanol–water partition coefficient (Wildman–Crippen LogP) is 1.88. The van der Waals surface area contributed by atoms with Gasteiger partial charge in [0, 0.05) is 24.2 Å². The van der Waals surface area contributed by atoms with Crippen molar-refractivity contribution in [2.24, 2.45) is 0 Å². The maximum absolute atomic E-state index is 12.5. The zero-order valence-electron chi connectivity index (χ0n) is 12.6. The molecule has 0 bridgehead atoms. The number of nitrogens with zero attached hydrogens (tertiary/aromatic N) is 3. The number of amides is 1. The van der Waals surface area contributed by atoms with Crippen LogP contribution >= 0.6 is 22.9 Å². The molecule has 0 aliphatic carbocycles. The molecule has 118 valence electrons. The summed E-state index contributed by atoms with van der Waals surface area (Å²) < 4.78 is 2.38. The number of hydrogen-bond donors (Lipinski definition) is 0. The average molecular weight is 340 g/mol. The highest BCUT2D eigenvalue weighted by molar-refractivity contribution is 7.16. The molecule has 5 nitrogen and oxygen atoms in total. The molecule has 2 aromatic rings. The summed E-state index contributed by atoms with van der Waals surface area (Å²) in [6, 6.07) is 5.72. The summed E-state index contributed by atoms with van der Waals surface area (Å²) in [6.07, 6.45) is 0.976. The molecule has 1 aliphatic heterocycles. The molecule has 0 saturated carbocycles. The van der Waals surface area contributed by atoms with E-state index in [2.05, 4.69) is 4.90 Å². The molecule has 1 atom stereocenters. The van der Waals surface area contributed by atoms with Crippen molar-refractivity contribution < 1.29 is 4.79 Å². The molecule has 1 aromatic carbocycles. The number of aromatic nitrogens is 1. The van der Waals surface area contributed by atoms with Gasteiger partial charge in [0.2, 0.25) is 5.91 Å². The van der Waals surface area contributed by atoms with E-state index in [1.54, 1.807) is 12.1 Å². The summed E-state index contributed by atoms with van der Waals surface area (Å²) in [5, 5.41) is 0.570. The lowest BCUT2D eigenvalue weighted by Gasteiger charge is -2.20. The van der Waals surface area contributed by atoms with Gasteiger partial charge in [0.25, 0.3) is 0 Å². The molecule has 7 heteroatoms. The first-order valence-electron chi connectivity index (χ1n) is 7.19. The molecule has 1 aliphatic rings. The number of hydrogen-bond acceptors (Lipinski definition) is 4. The molecule has 2 heterocycles. The average Bonchev–Trinajstić information content (AvgIpc) is 3.06. The smallest absolute Gasteiger partial charge is 0.308 e. The van der Waals surface area contributed by atoms with Crippen LogP contribution in [0.25, 0.3) is 10.2 Å². The van der Waals surface area contributed by atoms with E-state index < -0.39 is 0 Å². The fourth-order valence-electron chi connectivity index (χ4n) is 2.81. The number of likely N-dealkylation sites (tertiary alicyclic amines) is 1. The Morgan fingerprint density at radius 3 is 2.91 bits per heavy atom. The molecule has 3 rings (SSSR count). The van der Waals surface area contributed by atoms with Crippen molar-refractivity contribution in [2.75, 3.05) is 27.2 Å². The maximum Gasteiger partial charge on any atom is 0.308 e. The molecule has 1 saturated heterocycles. The van der Waals surface area contributed by atoms with Gasteiger partial charge in [0.05, 0.1) is 10.2 Å². The Labute approximate surface area is 137 Å². The van der Waals surface area contributed by atoms with Crippen molar-refractivity contribution in [3.63, 3.8) is 0 Å². The highest BCUT2D eigenvalue weighted by Crippen LogP contribution is 2.22. The van der Waals surface area contributed by atoms with E-state index in [1.807, 2.05) is 25.1 Å². The summed E-state index contributed by atoms with van der Waals surface area (Å²) in [6.45, 7) is 1.56. The van der Waals surface area contributed by atoms with Crippen molar-refractivity contribution in [1.29, 1.82) is 0 Å². The maximum atomic E-state index is 12.5. The molecule has 0 N–H and O–H groups in total. The van der Waals surface area contributed by atoms with Crippen molar-refractivity contribution >= 4 is 39.1 Å². The molecule has 1 amide bonds. The lowest BCUT2D eigenvalue weighted by atomic mass is 10.2. The topological polar surface area (TPSA) is 45.5 Å². The van der Waals surface area contributed by atoms with Gasteiger partial charge in [-0.1, -0.05) is 22.9 Å². The fourth-order valence-corrected chi connectivity index (χ4v) is 3.85. The monoisotopic (exact) mass is 339 g/mol. The quantitative estimate of drug-likeness (QED) is 0.857. The Bertz CT molecular complexity index is 768. The fraction of sp³-hybridized carbons (Fsp3) is 0.467. The molecule has 0 radical (unpaired) electrons. The number of thiazole rings is 1. The number of benzene rings is 1.